The lowest BCUT2D eigenvalue weighted by molar-refractivity contribution is -0.121. The highest BCUT2D eigenvalue weighted by atomic mass is 16.2. The highest BCUT2D eigenvalue weighted by Crippen LogP contribution is 2.20. The van der Waals surface area contributed by atoms with Crippen molar-refractivity contribution < 1.29 is 9.59 Å². The monoisotopic (exact) mass is 330 g/mol. The van der Waals surface area contributed by atoms with E-state index in [0.717, 1.165) is 16.7 Å². The Balaban J connectivity index is 1.59. The summed E-state index contributed by atoms with van der Waals surface area (Å²) in [6.45, 7) is 0. The minimum Gasteiger partial charge on any atom is -0.273 e. The molecule has 2 amide bonds. The quantitative estimate of drug-likeness (QED) is 0.721. The molecule has 25 heavy (non-hydrogen) atoms. The van der Waals surface area contributed by atoms with E-state index >= 15 is 0 Å². The average molecular weight is 330 g/mol. The molecule has 4 nitrogen and oxygen atoms in total. The summed E-state index contributed by atoms with van der Waals surface area (Å²) in [6, 6.07) is 26.5. The first-order valence-electron chi connectivity index (χ1n) is 8.01. The fourth-order valence-electron chi connectivity index (χ4n) is 2.51. The Hall–Kier alpha value is -3.40. The second-order valence-corrected chi connectivity index (χ2v) is 5.61. The van der Waals surface area contributed by atoms with Crippen LogP contribution in [0.25, 0.3) is 11.1 Å². The van der Waals surface area contributed by atoms with Gasteiger partial charge in [-0.1, -0.05) is 72.8 Å². The van der Waals surface area contributed by atoms with Gasteiger partial charge in [0.15, 0.2) is 0 Å². The molecule has 0 aromatic heterocycles. The standard InChI is InChI=1S/C21H18N2O2/c24-20(22-23-21(25)18-11-5-2-6-12-18)15-16-8-7-13-19(14-16)17-9-3-1-4-10-17/h1-14H,15H2,(H,22,24)(H,23,25). The largest absolute Gasteiger partial charge is 0.273 e. The maximum atomic E-state index is 12.1. The van der Waals surface area contributed by atoms with Crippen LogP contribution in [0, 0.1) is 0 Å². The molecule has 124 valence electrons. The molecule has 3 rings (SSSR count). The van der Waals surface area contributed by atoms with E-state index in [2.05, 4.69) is 10.9 Å². The molecule has 0 spiro atoms. The number of hydrogen-bond acceptors (Lipinski definition) is 2. The molecule has 0 unspecified atom stereocenters. The van der Waals surface area contributed by atoms with Crippen LogP contribution in [0.1, 0.15) is 15.9 Å². The zero-order chi connectivity index (χ0) is 17.5. The molecule has 0 atom stereocenters. The van der Waals surface area contributed by atoms with Crippen LogP contribution in [0.4, 0.5) is 0 Å². The van der Waals surface area contributed by atoms with Gasteiger partial charge in [0.25, 0.3) is 5.91 Å². The molecule has 0 saturated carbocycles. The summed E-state index contributed by atoms with van der Waals surface area (Å²) < 4.78 is 0. The van der Waals surface area contributed by atoms with Crippen LogP contribution in [0.5, 0.6) is 0 Å². The third-order valence-corrected chi connectivity index (χ3v) is 3.75. The molecule has 4 heteroatoms. The van der Waals surface area contributed by atoms with Gasteiger partial charge in [-0.25, -0.2) is 0 Å². The van der Waals surface area contributed by atoms with Crippen molar-refractivity contribution in [3.05, 3.63) is 96.1 Å². The van der Waals surface area contributed by atoms with Crippen molar-refractivity contribution in [2.45, 2.75) is 6.42 Å². The lowest BCUT2D eigenvalue weighted by Crippen LogP contribution is -2.42. The molecule has 3 aromatic rings. The Bertz CT molecular complexity index is 861. The number of carbonyl (C=O) groups is 2. The van der Waals surface area contributed by atoms with Crippen LogP contribution in [0.15, 0.2) is 84.9 Å². The van der Waals surface area contributed by atoms with Gasteiger partial charge in [-0.05, 0) is 28.8 Å². The zero-order valence-corrected chi connectivity index (χ0v) is 13.6. The van der Waals surface area contributed by atoms with E-state index in [1.54, 1.807) is 24.3 Å². The first-order valence-corrected chi connectivity index (χ1v) is 8.01. The lowest BCUT2D eigenvalue weighted by atomic mass is 10.0. The number of carbonyl (C=O) groups excluding carboxylic acids is 2. The second-order valence-electron chi connectivity index (χ2n) is 5.61. The molecule has 0 heterocycles. The van der Waals surface area contributed by atoms with E-state index in [0.29, 0.717) is 5.56 Å². The summed E-state index contributed by atoms with van der Waals surface area (Å²) in [5.74, 6) is -0.610. The van der Waals surface area contributed by atoms with E-state index < -0.39 is 0 Å². The Morgan fingerprint density at radius 2 is 1.32 bits per heavy atom. The van der Waals surface area contributed by atoms with Gasteiger partial charge in [0.05, 0.1) is 6.42 Å². The highest BCUT2D eigenvalue weighted by Gasteiger charge is 2.08. The fraction of sp³-hybridized carbons (Fsp3) is 0.0476. The number of benzene rings is 3. The third-order valence-electron chi connectivity index (χ3n) is 3.75. The summed E-state index contributed by atoms with van der Waals surface area (Å²) in [6.07, 6.45) is 0.190. The number of nitrogens with one attached hydrogen (secondary N) is 2. The average Bonchev–Trinajstić information content (AvgIpc) is 2.68. The predicted octanol–water partition coefficient (Wildman–Crippen LogP) is 3.36. The molecule has 0 aliphatic rings. The van der Waals surface area contributed by atoms with E-state index in [-0.39, 0.29) is 18.2 Å². The van der Waals surface area contributed by atoms with E-state index in [4.69, 9.17) is 0 Å². The minimum absolute atomic E-state index is 0.190. The number of rotatable bonds is 4. The van der Waals surface area contributed by atoms with Gasteiger partial charge in [0.1, 0.15) is 0 Å². The van der Waals surface area contributed by atoms with Crippen molar-refractivity contribution in [3.8, 4) is 11.1 Å². The summed E-state index contributed by atoms with van der Waals surface area (Å²) in [5.41, 5.74) is 8.41. The Morgan fingerprint density at radius 3 is 2.04 bits per heavy atom. The van der Waals surface area contributed by atoms with Crippen LogP contribution in [-0.4, -0.2) is 11.8 Å². The van der Waals surface area contributed by atoms with E-state index in [9.17, 15) is 9.59 Å². The van der Waals surface area contributed by atoms with Crippen LogP contribution in [0.2, 0.25) is 0 Å². The van der Waals surface area contributed by atoms with Crippen molar-refractivity contribution in [1.82, 2.24) is 10.9 Å². The molecule has 0 fully saturated rings. The Labute approximate surface area is 146 Å². The summed E-state index contributed by atoms with van der Waals surface area (Å²) in [7, 11) is 0. The van der Waals surface area contributed by atoms with Crippen LogP contribution >= 0.6 is 0 Å². The third kappa shape index (κ3) is 4.54. The van der Waals surface area contributed by atoms with E-state index in [1.807, 2.05) is 60.7 Å². The molecule has 2 N–H and O–H groups in total. The van der Waals surface area contributed by atoms with Crippen molar-refractivity contribution in [2.75, 3.05) is 0 Å². The predicted molar refractivity (Wildman–Crippen MR) is 97.6 cm³/mol. The van der Waals surface area contributed by atoms with Gasteiger partial charge < -0.3 is 0 Å². The molecule has 0 radical (unpaired) electrons. The SMILES string of the molecule is O=C(Cc1cccc(-c2ccccc2)c1)NNC(=O)c1ccccc1. The first kappa shape index (κ1) is 16.5. The number of amides is 2. The maximum absolute atomic E-state index is 12.1. The molecule has 3 aromatic carbocycles. The van der Waals surface area contributed by atoms with Gasteiger partial charge in [0, 0.05) is 5.56 Å². The molecule has 0 aliphatic carbocycles. The number of hydrazine groups is 1. The number of hydrogen-bond donors (Lipinski definition) is 2. The van der Waals surface area contributed by atoms with Gasteiger partial charge in [-0.2, -0.15) is 0 Å². The maximum Gasteiger partial charge on any atom is 0.269 e. The van der Waals surface area contributed by atoms with Gasteiger partial charge in [0.2, 0.25) is 5.91 Å². The molecule has 0 aliphatic heterocycles. The van der Waals surface area contributed by atoms with E-state index in [1.165, 1.54) is 0 Å². The van der Waals surface area contributed by atoms with Crippen LogP contribution in [-0.2, 0) is 11.2 Å². The van der Waals surface area contributed by atoms with Crippen molar-refractivity contribution in [1.29, 1.82) is 0 Å². The van der Waals surface area contributed by atoms with Crippen molar-refractivity contribution in [2.24, 2.45) is 0 Å². The van der Waals surface area contributed by atoms with Gasteiger partial charge in [-0.3, -0.25) is 20.4 Å². The van der Waals surface area contributed by atoms with Crippen LogP contribution < -0.4 is 10.9 Å². The summed E-state index contributed by atoms with van der Waals surface area (Å²) >= 11 is 0. The normalized spacial score (nSPS) is 10.1. The van der Waals surface area contributed by atoms with Crippen LogP contribution in [0.3, 0.4) is 0 Å². The minimum atomic E-state index is -0.341. The Kier molecular flexibility index (Phi) is 5.22. The lowest BCUT2D eigenvalue weighted by Gasteiger charge is -2.08. The first-order chi connectivity index (χ1) is 12.2. The zero-order valence-electron chi connectivity index (χ0n) is 13.6. The summed E-state index contributed by atoms with van der Waals surface area (Å²) in [5, 5.41) is 0. The highest BCUT2D eigenvalue weighted by molar-refractivity contribution is 5.95. The smallest absolute Gasteiger partial charge is 0.269 e. The Morgan fingerprint density at radius 1 is 0.680 bits per heavy atom. The second kappa shape index (κ2) is 7.93. The summed E-state index contributed by atoms with van der Waals surface area (Å²) in [4.78, 5) is 24.0. The molecule has 0 bridgehead atoms. The van der Waals surface area contributed by atoms with Gasteiger partial charge in [-0.15, -0.1) is 0 Å². The molecule has 0 saturated heterocycles. The fourth-order valence-corrected chi connectivity index (χ4v) is 2.51. The molecular formula is C21H18N2O2. The van der Waals surface area contributed by atoms with Crippen molar-refractivity contribution in [3.63, 3.8) is 0 Å². The topological polar surface area (TPSA) is 58.2 Å². The van der Waals surface area contributed by atoms with Gasteiger partial charge >= 0.3 is 0 Å². The van der Waals surface area contributed by atoms with Crippen molar-refractivity contribution >= 4 is 11.8 Å². The molecular weight excluding hydrogens is 312 g/mol.